The first kappa shape index (κ1) is 10.3. The summed E-state index contributed by atoms with van der Waals surface area (Å²) >= 11 is 0. The van der Waals surface area contributed by atoms with Gasteiger partial charge in [0.05, 0.1) is 6.61 Å². The van der Waals surface area contributed by atoms with E-state index in [4.69, 9.17) is 15.1 Å². The summed E-state index contributed by atoms with van der Waals surface area (Å²) in [6.45, 7) is 0.0404. The molecule has 1 rings (SSSR count). The molecular weight excluding hydrogens is 184 g/mol. The average Bonchev–Trinajstić information content (AvgIpc) is 2.61. The molecule has 0 amide bonds. The highest BCUT2D eigenvalue weighted by Gasteiger charge is 2.20. The van der Waals surface area contributed by atoms with E-state index in [0.29, 0.717) is 5.69 Å². The lowest BCUT2D eigenvalue weighted by molar-refractivity contribution is -0.142. The number of aromatic nitrogens is 1. The van der Waals surface area contributed by atoms with Crippen molar-refractivity contribution >= 4 is 5.97 Å². The number of nitriles is 1. The number of carbonyl (C=O) groups is 1. The highest BCUT2D eigenvalue weighted by molar-refractivity contribution is 5.72. The maximum absolute atomic E-state index is 10.8. The topological polar surface area (TPSA) is 75.2 Å². The van der Waals surface area contributed by atoms with Crippen molar-refractivity contribution in [3.05, 3.63) is 24.0 Å². The average molecular weight is 194 g/mol. The molecule has 0 bridgehead atoms. The molecule has 1 N–H and O–H groups in total. The van der Waals surface area contributed by atoms with Crippen molar-refractivity contribution < 1.29 is 14.6 Å². The third kappa shape index (κ3) is 1.92. The molecule has 0 aliphatic heterocycles. The Hall–Kier alpha value is -1.80. The zero-order valence-corrected chi connectivity index (χ0v) is 7.67. The van der Waals surface area contributed by atoms with E-state index in [-0.39, 0.29) is 6.61 Å². The largest absolute Gasteiger partial charge is 0.480 e. The predicted octanol–water partition coefficient (Wildman–Crippen LogP) is 0.632. The van der Waals surface area contributed by atoms with Gasteiger partial charge < -0.3 is 14.4 Å². The van der Waals surface area contributed by atoms with Gasteiger partial charge in [-0.25, -0.2) is 4.79 Å². The van der Waals surface area contributed by atoms with Crippen LogP contribution in [-0.4, -0.2) is 29.4 Å². The van der Waals surface area contributed by atoms with Crippen LogP contribution in [0.1, 0.15) is 11.7 Å². The summed E-state index contributed by atoms with van der Waals surface area (Å²) in [6.07, 6.45) is 1.55. The van der Waals surface area contributed by atoms with Gasteiger partial charge in [0, 0.05) is 13.3 Å². The van der Waals surface area contributed by atoms with Gasteiger partial charge in [-0.05, 0) is 12.1 Å². The number of ether oxygens (including phenoxy) is 1. The molecule has 1 atom stereocenters. The number of aliphatic carboxylic acids is 1. The first-order chi connectivity index (χ1) is 6.70. The number of carboxylic acid groups (broad SMARTS) is 1. The summed E-state index contributed by atoms with van der Waals surface area (Å²) in [7, 11) is 1.42. The van der Waals surface area contributed by atoms with Gasteiger partial charge in [0.15, 0.2) is 6.04 Å². The standard InChI is InChI=1S/C9H10N2O3/c1-14-6-8(9(12)13)11-4-2-3-7(11)5-10/h2-4,8H,6H2,1H3,(H,12,13). The smallest absolute Gasteiger partial charge is 0.329 e. The summed E-state index contributed by atoms with van der Waals surface area (Å²) in [5.74, 6) is -1.01. The van der Waals surface area contributed by atoms with Crippen molar-refractivity contribution in [2.75, 3.05) is 13.7 Å². The lowest BCUT2D eigenvalue weighted by Gasteiger charge is -2.13. The number of nitrogens with zero attached hydrogens (tertiary/aromatic N) is 2. The second-order valence-corrected chi connectivity index (χ2v) is 2.72. The molecule has 0 fully saturated rings. The Morgan fingerprint density at radius 3 is 3.07 bits per heavy atom. The van der Waals surface area contributed by atoms with Crippen molar-refractivity contribution in [3.8, 4) is 6.07 Å². The molecule has 0 radical (unpaired) electrons. The van der Waals surface area contributed by atoms with Crippen LogP contribution < -0.4 is 0 Å². The molecule has 5 heteroatoms. The van der Waals surface area contributed by atoms with Crippen LogP contribution in [0.25, 0.3) is 0 Å². The van der Waals surface area contributed by atoms with Gasteiger partial charge in [0.1, 0.15) is 11.8 Å². The zero-order valence-electron chi connectivity index (χ0n) is 7.67. The van der Waals surface area contributed by atoms with Crippen LogP contribution in [0, 0.1) is 11.3 Å². The third-order valence-electron chi connectivity index (χ3n) is 1.84. The van der Waals surface area contributed by atoms with Crippen molar-refractivity contribution in [2.45, 2.75) is 6.04 Å². The number of carboxylic acids is 1. The summed E-state index contributed by atoms with van der Waals surface area (Å²) < 4.78 is 6.16. The lowest BCUT2D eigenvalue weighted by atomic mass is 10.3. The zero-order chi connectivity index (χ0) is 10.6. The van der Waals surface area contributed by atoms with Crippen LogP contribution in [0.4, 0.5) is 0 Å². The van der Waals surface area contributed by atoms with Crippen molar-refractivity contribution in [1.29, 1.82) is 5.26 Å². The maximum Gasteiger partial charge on any atom is 0.329 e. The van der Waals surface area contributed by atoms with Crippen molar-refractivity contribution in [1.82, 2.24) is 4.57 Å². The summed E-state index contributed by atoms with van der Waals surface area (Å²) in [6, 6.07) is 4.26. The number of hydrogen-bond donors (Lipinski definition) is 1. The molecule has 14 heavy (non-hydrogen) atoms. The van der Waals surface area contributed by atoms with Gasteiger partial charge >= 0.3 is 5.97 Å². The van der Waals surface area contributed by atoms with E-state index < -0.39 is 12.0 Å². The third-order valence-corrected chi connectivity index (χ3v) is 1.84. The summed E-state index contributed by atoms with van der Waals surface area (Å²) in [5, 5.41) is 17.6. The Balaban J connectivity index is 2.99. The highest BCUT2D eigenvalue weighted by Crippen LogP contribution is 2.12. The number of methoxy groups -OCH3 is 1. The van der Waals surface area contributed by atoms with E-state index in [1.807, 2.05) is 6.07 Å². The predicted molar refractivity (Wildman–Crippen MR) is 47.7 cm³/mol. The molecule has 0 aliphatic carbocycles. The second kappa shape index (κ2) is 4.44. The Kier molecular flexibility index (Phi) is 3.26. The first-order valence-corrected chi connectivity index (χ1v) is 3.99. The molecule has 1 aromatic heterocycles. The van der Waals surface area contributed by atoms with Crippen LogP contribution in [-0.2, 0) is 9.53 Å². The minimum absolute atomic E-state index is 0.0404. The van der Waals surface area contributed by atoms with Gasteiger partial charge in [-0.2, -0.15) is 5.26 Å². The molecule has 0 aromatic carbocycles. The number of hydrogen-bond acceptors (Lipinski definition) is 3. The molecule has 0 aliphatic rings. The van der Waals surface area contributed by atoms with E-state index in [9.17, 15) is 4.79 Å². The minimum atomic E-state index is -1.01. The molecule has 1 heterocycles. The molecular formula is C9H10N2O3. The lowest BCUT2D eigenvalue weighted by Crippen LogP contribution is -2.23. The van der Waals surface area contributed by atoms with Crippen molar-refractivity contribution in [2.24, 2.45) is 0 Å². The maximum atomic E-state index is 10.8. The fraction of sp³-hybridized carbons (Fsp3) is 0.333. The fourth-order valence-electron chi connectivity index (χ4n) is 1.19. The quantitative estimate of drug-likeness (QED) is 0.762. The molecule has 0 spiro atoms. The van der Waals surface area contributed by atoms with E-state index in [0.717, 1.165) is 0 Å². The summed E-state index contributed by atoms with van der Waals surface area (Å²) in [5.41, 5.74) is 0.314. The molecule has 0 saturated carbocycles. The molecule has 0 saturated heterocycles. The SMILES string of the molecule is COCC(C(=O)O)n1cccc1C#N. The van der Waals surface area contributed by atoms with Crippen LogP contribution in [0.15, 0.2) is 18.3 Å². The molecule has 74 valence electrons. The molecule has 1 aromatic rings. The Labute approximate surface area is 81.1 Å². The van der Waals surface area contributed by atoms with Crippen molar-refractivity contribution in [3.63, 3.8) is 0 Å². The highest BCUT2D eigenvalue weighted by atomic mass is 16.5. The minimum Gasteiger partial charge on any atom is -0.480 e. The van der Waals surface area contributed by atoms with Gasteiger partial charge in [0.2, 0.25) is 0 Å². The normalized spacial score (nSPS) is 12.0. The van der Waals surface area contributed by atoms with Gasteiger partial charge in [0.25, 0.3) is 0 Å². The van der Waals surface area contributed by atoms with Gasteiger partial charge in [-0.15, -0.1) is 0 Å². The van der Waals surface area contributed by atoms with Gasteiger partial charge in [-0.3, -0.25) is 0 Å². The van der Waals surface area contributed by atoms with E-state index in [1.165, 1.54) is 11.7 Å². The second-order valence-electron chi connectivity index (χ2n) is 2.72. The van der Waals surface area contributed by atoms with Crippen LogP contribution in [0.3, 0.4) is 0 Å². The molecule has 1 unspecified atom stereocenters. The van der Waals surface area contributed by atoms with E-state index in [1.54, 1.807) is 18.3 Å². The summed E-state index contributed by atoms with van der Waals surface area (Å²) in [4.78, 5) is 10.8. The van der Waals surface area contributed by atoms with E-state index in [2.05, 4.69) is 0 Å². The van der Waals surface area contributed by atoms with Gasteiger partial charge in [-0.1, -0.05) is 0 Å². The van der Waals surface area contributed by atoms with Crippen LogP contribution >= 0.6 is 0 Å². The Morgan fingerprint density at radius 2 is 2.57 bits per heavy atom. The molecule has 5 nitrogen and oxygen atoms in total. The first-order valence-electron chi connectivity index (χ1n) is 3.99. The van der Waals surface area contributed by atoms with Crippen LogP contribution in [0.2, 0.25) is 0 Å². The van der Waals surface area contributed by atoms with E-state index >= 15 is 0 Å². The van der Waals surface area contributed by atoms with Crippen LogP contribution in [0.5, 0.6) is 0 Å². The monoisotopic (exact) mass is 194 g/mol. The number of rotatable bonds is 4. The fourth-order valence-corrected chi connectivity index (χ4v) is 1.19. The Morgan fingerprint density at radius 1 is 1.86 bits per heavy atom. The Bertz CT molecular complexity index is 364.